The van der Waals surface area contributed by atoms with Gasteiger partial charge in [-0.05, 0) is 62.7 Å². The molecule has 7 nitrogen and oxygen atoms in total. The molecular formula is C26H19ClFN3O4. The zero-order valence-electron chi connectivity index (χ0n) is 18.9. The average molecular weight is 492 g/mol. The first-order valence-corrected chi connectivity index (χ1v) is 10.9. The maximum absolute atomic E-state index is 14.7. The maximum atomic E-state index is 14.7. The van der Waals surface area contributed by atoms with Gasteiger partial charge in [-0.25, -0.2) is 14.2 Å². The minimum absolute atomic E-state index is 0.00255. The summed E-state index contributed by atoms with van der Waals surface area (Å²) in [5.41, 5.74) is 1.63. The van der Waals surface area contributed by atoms with Crippen LogP contribution in [0, 0.1) is 31.0 Å². The van der Waals surface area contributed by atoms with E-state index in [1.54, 1.807) is 26.0 Å². The van der Waals surface area contributed by atoms with E-state index in [9.17, 15) is 24.3 Å². The van der Waals surface area contributed by atoms with Gasteiger partial charge in [0.05, 0.1) is 34.3 Å². The number of nitriles is 1. The molecule has 2 aromatic carbocycles. The largest absolute Gasteiger partial charge is 0.476 e. The van der Waals surface area contributed by atoms with Crippen molar-refractivity contribution in [3.05, 3.63) is 91.6 Å². The van der Waals surface area contributed by atoms with E-state index in [0.29, 0.717) is 10.9 Å². The molecule has 0 aliphatic carbocycles. The smallest absolute Gasteiger partial charge is 0.356 e. The summed E-state index contributed by atoms with van der Waals surface area (Å²) in [6.45, 7) is 5.13. The quantitative estimate of drug-likeness (QED) is 0.328. The second-order valence-corrected chi connectivity index (χ2v) is 8.51. The Hall–Kier alpha value is -4.22. The van der Waals surface area contributed by atoms with Crippen molar-refractivity contribution in [2.45, 2.75) is 26.8 Å². The van der Waals surface area contributed by atoms with Crippen LogP contribution >= 0.6 is 11.6 Å². The predicted octanol–water partition coefficient (Wildman–Crippen LogP) is 6.01. The van der Waals surface area contributed by atoms with Crippen molar-refractivity contribution in [2.75, 3.05) is 5.32 Å². The maximum Gasteiger partial charge on any atom is 0.356 e. The van der Waals surface area contributed by atoms with Gasteiger partial charge in [-0.15, -0.1) is 0 Å². The first-order chi connectivity index (χ1) is 16.6. The normalized spacial score (nSPS) is 11.8. The Morgan fingerprint density at radius 2 is 1.97 bits per heavy atom. The van der Waals surface area contributed by atoms with Crippen molar-refractivity contribution < 1.29 is 18.7 Å². The molecule has 0 radical (unpaired) electrons. The molecule has 0 bridgehead atoms. The third-order valence-corrected chi connectivity index (χ3v) is 5.84. The van der Waals surface area contributed by atoms with Gasteiger partial charge in [0.15, 0.2) is 11.1 Å². The summed E-state index contributed by atoms with van der Waals surface area (Å²) in [5.74, 6) is -1.87. The van der Waals surface area contributed by atoms with Gasteiger partial charge in [0.25, 0.3) is 0 Å². The van der Waals surface area contributed by atoms with E-state index in [1.165, 1.54) is 24.3 Å². The molecule has 0 fully saturated rings. The molecule has 0 amide bonds. The number of aryl methyl sites for hydroxylation is 1. The van der Waals surface area contributed by atoms with E-state index in [2.05, 4.69) is 10.3 Å². The number of nitrogens with zero attached hydrogens (tertiary/aromatic N) is 2. The third kappa shape index (κ3) is 4.46. The summed E-state index contributed by atoms with van der Waals surface area (Å²) in [6.07, 6.45) is 0. The number of pyridine rings is 1. The lowest BCUT2D eigenvalue weighted by Gasteiger charge is -2.19. The summed E-state index contributed by atoms with van der Waals surface area (Å²) < 4.78 is 20.8. The number of anilines is 1. The van der Waals surface area contributed by atoms with Crippen molar-refractivity contribution in [1.29, 1.82) is 5.26 Å². The summed E-state index contributed by atoms with van der Waals surface area (Å²) >= 11 is 5.85. The lowest BCUT2D eigenvalue weighted by atomic mass is 9.98. The molecule has 0 saturated carbocycles. The van der Waals surface area contributed by atoms with E-state index >= 15 is 0 Å². The molecule has 4 aromatic rings. The molecule has 0 saturated heterocycles. The van der Waals surface area contributed by atoms with Gasteiger partial charge in [-0.3, -0.25) is 4.79 Å². The van der Waals surface area contributed by atoms with Crippen molar-refractivity contribution in [3.8, 4) is 17.4 Å². The highest BCUT2D eigenvalue weighted by Crippen LogP contribution is 2.34. The molecule has 0 aliphatic rings. The fourth-order valence-electron chi connectivity index (χ4n) is 3.94. The highest BCUT2D eigenvalue weighted by molar-refractivity contribution is 6.29. The molecule has 0 aliphatic heterocycles. The topological polar surface area (TPSA) is 116 Å². The van der Waals surface area contributed by atoms with Crippen molar-refractivity contribution in [3.63, 3.8) is 0 Å². The number of hydrogen-bond acceptors (Lipinski definition) is 6. The lowest BCUT2D eigenvalue weighted by Crippen LogP contribution is -2.14. The highest BCUT2D eigenvalue weighted by atomic mass is 35.5. The number of fused-ring (bicyclic) bond motifs is 1. The fourth-order valence-corrected chi connectivity index (χ4v) is 4.09. The van der Waals surface area contributed by atoms with E-state index in [0.717, 1.165) is 11.6 Å². The number of rotatable bonds is 5. The average Bonchev–Trinajstić information content (AvgIpc) is 2.82. The number of aromatic nitrogens is 1. The number of nitrogens with one attached hydrogen (secondary N) is 1. The lowest BCUT2D eigenvalue weighted by molar-refractivity contribution is 0.0691. The van der Waals surface area contributed by atoms with Gasteiger partial charge >= 0.3 is 5.97 Å². The molecule has 176 valence electrons. The summed E-state index contributed by atoms with van der Waals surface area (Å²) in [6, 6.07) is 11.7. The zero-order chi connectivity index (χ0) is 25.4. The fraction of sp³-hybridized carbons (Fsp3) is 0.154. The van der Waals surface area contributed by atoms with Crippen LogP contribution in [0.4, 0.5) is 10.1 Å². The molecule has 35 heavy (non-hydrogen) atoms. The zero-order valence-corrected chi connectivity index (χ0v) is 19.7. The number of aromatic carboxylic acids is 1. The van der Waals surface area contributed by atoms with Gasteiger partial charge in [-0.1, -0.05) is 17.7 Å². The van der Waals surface area contributed by atoms with Crippen LogP contribution in [-0.2, 0) is 0 Å². The van der Waals surface area contributed by atoms with Crippen molar-refractivity contribution in [1.82, 2.24) is 4.98 Å². The Morgan fingerprint density at radius 3 is 2.66 bits per heavy atom. The molecule has 9 heteroatoms. The number of carboxylic acid groups (broad SMARTS) is 1. The summed E-state index contributed by atoms with van der Waals surface area (Å²) in [5, 5.41) is 22.2. The molecule has 0 unspecified atom stereocenters. The van der Waals surface area contributed by atoms with Crippen LogP contribution in [-0.4, -0.2) is 16.1 Å². The number of carbonyl (C=O) groups is 1. The van der Waals surface area contributed by atoms with Crippen LogP contribution < -0.4 is 10.7 Å². The van der Waals surface area contributed by atoms with Gasteiger partial charge in [-0.2, -0.15) is 5.26 Å². The first kappa shape index (κ1) is 23.9. The van der Waals surface area contributed by atoms with Crippen LogP contribution in [0.3, 0.4) is 0 Å². The third-order valence-electron chi connectivity index (χ3n) is 5.63. The molecule has 2 aromatic heterocycles. The molecule has 2 N–H and O–H groups in total. The van der Waals surface area contributed by atoms with E-state index in [1.807, 2.05) is 13.0 Å². The summed E-state index contributed by atoms with van der Waals surface area (Å²) in [4.78, 5) is 28.8. The highest BCUT2D eigenvalue weighted by Gasteiger charge is 2.22. The molecule has 2 heterocycles. The number of hydrogen-bond donors (Lipinski definition) is 2. The SMILES string of the molecule is Cc1cc([C@@H](C)Nc2ccc(Cl)nc2C(=O)O)c2oc(-c3cc(C#N)ccc3F)c(C)c(=O)c2c1. The molecule has 0 spiro atoms. The van der Waals surface area contributed by atoms with Gasteiger partial charge in [0.2, 0.25) is 0 Å². The Kier molecular flexibility index (Phi) is 6.29. The van der Waals surface area contributed by atoms with Gasteiger partial charge in [0.1, 0.15) is 22.3 Å². The predicted molar refractivity (Wildman–Crippen MR) is 130 cm³/mol. The molecule has 1 atom stereocenters. The van der Waals surface area contributed by atoms with Gasteiger partial charge in [0, 0.05) is 11.1 Å². The first-order valence-electron chi connectivity index (χ1n) is 10.5. The van der Waals surface area contributed by atoms with Crippen LogP contribution in [0.5, 0.6) is 0 Å². The Morgan fingerprint density at radius 1 is 1.23 bits per heavy atom. The number of carboxylic acids is 1. The van der Waals surface area contributed by atoms with Gasteiger partial charge < -0.3 is 14.8 Å². The van der Waals surface area contributed by atoms with Crippen LogP contribution in [0.15, 0.2) is 51.7 Å². The van der Waals surface area contributed by atoms with Crippen LogP contribution in [0.25, 0.3) is 22.3 Å². The molecule has 4 rings (SSSR count). The molecular weight excluding hydrogens is 473 g/mol. The summed E-state index contributed by atoms with van der Waals surface area (Å²) in [7, 11) is 0. The van der Waals surface area contributed by atoms with E-state index < -0.39 is 17.8 Å². The monoisotopic (exact) mass is 491 g/mol. The number of halogens is 2. The van der Waals surface area contributed by atoms with Crippen LogP contribution in [0.1, 0.15) is 45.7 Å². The Labute approximate surface area is 204 Å². The van der Waals surface area contributed by atoms with E-state index in [4.69, 9.17) is 16.0 Å². The standard InChI is InChI=1S/C26H19ClFN3O4/c1-12-8-16(14(3)30-20-6-7-21(27)31-22(20)26(33)34)25-18(9-12)23(32)13(2)24(35-25)17-10-15(11-29)4-5-19(17)28/h4-10,14,30H,1-3H3,(H,33,34)/t14-/m1/s1. The van der Waals surface area contributed by atoms with Crippen molar-refractivity contribution >= 4 is 34.2 Å². The Bertz CT molecular complexity index is 1610. The minimum atomic E-state index is -1.26. The number of benzene rings is 2. The second-order valence-electron chi connectivity index (χ2n) is 8.12. The van der Waals surface area contributed by atoms with Crippen LogP contribution in [0.2, 0.25) is 5.15 Å². The van der Waals surface area contributed by atoms with E-state index in [-0.39, 0.29) is 50.0 Å². The second kappa shape index (κ2) is 9.20. The van der Waals surface area contributed by atoms with Crippen molar-refractivity contribution in [2.24, 2.45) is 0 Å². The minimum Gasteiger partial charge on any atom is -0.476 e. The Balaban J connectivity index is 1.92.